The summed E-state index contributed by atoms with van der Waals surface area (Å²) < 4.78 is 21.2. The van der Waals surface area contributed by atoms with Crippen molar-refractivity contribution in [3.8, 4) is 5.88 Å². The van der Waals surface area contributed by atoms with Crippen molar-refractivity contribution in [2.45, 2.75) is 37.8 Å². The first-order valence-electron chi connectivity index (χ1n) is 11.0. The zero-order valence-electron chi connectivity index (χ0n) is 18.5. The van der Waals surface area contributed by atoms with Crippen LogP contribution in [0, 0.1) is 5.82 Å². The van der Waals surface area contributed by atoms with Gasteiger partial charge in [0.2, 0.25) is 5.88 Å². The lowest BCUT2D eigenvalue weighted by molar-refractivity contribution is 0.0881. The van der Waals surface area contributed by atoms with E-state index in [-0.39, 0.29) is 35.3 Å². The van der Waals surface area contributed by atoms with Crippen LogP contribution in [0.5, 0.6) is 5.88 Å². The largest absolute Gasteiger partial charge is 0.474 e. The van der Waals surface area contributed by atoms with Gasteiger partial charge >= 0.3 is 0 Å². The number of ether oxygens (including phenoxy) is 1. The van der Waals surface area contributed by atoms with E-state index in [0.29, 0.717) is 53.2 Å². The molecule has 34 heavy (non-hydrogen) atoms. The van der Waals surface area contributed by atoms with Crippen LogP contribution in [0.1, 0.15) is 46.4 Å². The van der Waals surface area contributed by atoms with Gasteiger partial charge in [-0.05, 0) is 56.0 Å². The number of nitrogens with one attached hydrogen (secondary N) is 1. The van der Waals surface area contributed by atoms with Gasteiger partial charge in [-0.15, -0.1) is 0 Å². The van der Waals surface area contributed by atoms with E-state index in [4.69, 9.17) is 10.5 Å². The van der Waals surface area contributed by atoms with Crippen LogP contribution >= 0.6 is 0 Å². The number of nitrogens with zero attached hydrogens (tertiary/aromatic N) is 4. The Labute approximate surface area is 194 Å². The van der Waals surface area contributed by atoms with Gasteiger partial charge in [0.15, 0.2) is 5.65 Å². The standard InChI is InChI=1S/C24H23FN6O3/c1-31-22-14(12-28-31)10-19(21(26)32)24(30-22)34-18-5-3-17(4-6-18)29-23(33)15-8-13-9-16(25)2-7-20(13)27-11-15/h2,7-12,17-18H,3-6H2,1H3,(H2,26,32)(H,29,33)/t17-,18-. The van der Waals surface area contributed by atoms with Crippen molar-refractivity contribution in [1.29, 1.82) is 0 Å². The summed E-state index contributed by atoms with van der Waals surface area (Å²) in [6.07, 6.45) is 5.71. The van der Waals surface area contributed by atoms with E-state index in [1.165, 1.54) is 18.3 Å². The van der Waals surface area contributed by atoms with Crippen LogP contribution in [0.25, 0.3) is 21.9 Å². The van der Waals surface area contributed by atoms with Crippen molar-refractivity contribution in [2.75, 3.05) is 0 Å². The van der Waals surface area contributed by atoms with Crippen molar-refractivity contribution in [3.63, 3.8) is 0 Å². The van der Waals surface area contributed by atoms with E-state index in [2.05, 4.69) is 20.4 Å². The fraction of sp³-hybridized carbons (Fsp3) is 0.292. The second-order valence-corrected chi connectivity index (χ2v) is 8.51. The summed E-state index contributed by atoms with van der Waals surface area (Å²) in [5.74, 6) is -1.03. The number of primary amides is 1. The number of rotatable bonds is 5. The second-order valence-electron chi connectivity index (χ2n) is 8.51. The van der Waals surface area contributed by atoms with Gasteiger partial charge in [0, 0.05) is 30.1 Å². The average Bonchev–Trinajstić information content (AvgIpc) is 3.19. The minimum absolute atomic E-state index is 0.0290. The van der Waals surface area contributed by atoms with Gasteiger partial charge in [-0.1, -0.05) is 0 Å². The van der Waals surface area contributed by atoms with Crippen LogP contribution < -0.4 is 15.8 Å². The number of amides is 2. The number of carbonyl (C=O) groups excluding carboxylic acids is 2. The summed E-state index contributed by atoms with van der Waals surface area (Å²) >= 11 is 0. The number of fused-ring (bicyclic) bond motifs is 2. The highest BCUT2D eigenvalue weighted by atomic mass is 19.1. The van der Waals surface area contributed by atoms with Crippen molar-refractivity contribution in [1.82, 2.24) is 25.1 Å². The first-order valence-corrected chi connectivity index (χ1v) is 11.0. The maximum absolute atomic E-state index is 13.5. The van der Waals surface area contributed by atoms with Crippen LogP contribution in [0.15, 0.2) is 42.7 Å². The summed E-state index contributed by atoms with van der Waals surface area (Å²) in [5, 5.41) is 8.46. The molecule has 0 atom stereocenters. The van der Waals surface area contributed by atoms with Crippen LogP contribution in [0.4, 0.5) is 4.39 Å². The van der Waals surface area contributed by atoms with Crippen LogP contribution in [0.3, 0.4) is 0 Å². The molecule has 3 N–H and O–H groups in total. The van der Waals surface area contributed by atoms with Crippen molar-refractivity contribution in [2.24, 2.45) is 12.8 Å². The molecule has 0 unspecified atom stereocenters. The number of pyridine rings is 2. The molecular weight excluding hydrogens is 439 g/mol. The Kier molecular flexibility index (Phi) is 5.56. The molecule has 9 nitrogen and oxygen atoms in total. The lowest BCUT2D eigenvalue weighted by atomic mass is 9.92. The van der Waals surface area contributed by atoms with Gasteiger partial charge in [0.1, 0.15) is 17.5 Å². The first kappa shape index (κ1) is 21.7. The third-order valence-electron chi connectivity index (χ3n) is 6.13. The monoisotopic (exact) mass is 462 g/mol. The highest BCUT2D eigenvalue weighted by Gasteiger charge is 2.26. The minimum Gasteiger partial charge on any atom is -0.474 e. The molecule has 0 aliphatic heterocycles. The Balaban J connectivity index is 1.23. The summed E-state index contributed by atoms with van der Waals surface area (Å²) in [5.41, 5.74) is 7.37. The molecule has 0 spiro atoms. The summed E-state index contributed by atoms with van der Waals surface area (Å²) in [6.45, 7) is 0. The van der Waals surface area contributed by atoms with E-state index < -0.39 is 5.91 Å². The number of carbonyl (C=O) groups is 2. The Bertz CT molecular complexity index is 1410. The fourth-order valence-corrected chi connectivity index (χ4v) is 4.31. The van der Waals surface area contributed by atoms with E-state index in [9.17, 15) is 14.0 Å². The maximum Gasteiger partial charge on any atom is 0.254 e. The molecule has 0 radical (unpaired) electrons. The fourth-order valence-electron chi connectivity index (χ4n) is 4.31. The molecule has 0 saturated heterocycles. The smallest absolute Gasteiger partial charge is 0.254 e. The molecule has 1 saturated carbocycles. The van der Waals surface area contributed by atoms with Crippen molar-refractivity contribution < 1.29 is 18.7 Å². The molecule has 5 rings (SSSR count). The molecule has 3 aromatic heterocycles. The first-order chi connectivity index (χ1) is 16.4. The Morgan fingerprint density at radius 2 is 1.91 bits per heavy atom. The number of benzene rings is 1. The summed E-state index contributed by atoms with van der Waals surface area (Å²) in [6, 6.07) is 7.53. The van der Waals surface area contributed by atoms with Gasteiger partial charge in [0.05, 0.1) is 17.3 Å². The topological polar surface area (TPSA) is 125 Å². The van der Waals surface area contributed by atoms with Crippen LogP contribution in [-0.4, -0.2) is 43.7 Å². The quantitative estimate of drug-likeness (QED) is 0.470. The van der Waals surface area contributed by atoms with Crippen molar-refractivity contribution >= 4 is 33.8 Å². The Morgan fingerprint density at radius 3 is 2.68 bits per heavy atom. The van der Waals surface area contributed by atoms with Gasteiger partial charge in [-0.2, -0.15) is 10.1 Å². The Hall–Kier alpha value is -4.08. The van der Waals surface area contributed by atoms with E-state index in [0.717, 1.165) is 0 Å². The summed E-state index contributed by atoms with van der Waals surface area (Å²) in [7, 11) is 1.76. The second kappa shape index (κ2) is 8.69. The average molecular weight is 462 g/mol. The van der Waals surface area contributed by atoms with Gasteiger partial charge in [0.25, 0.3) is 11.8 Å². The molecule has 1 aliphatic carbocycles. The van der Waals surface area contributed by atoms with E-state index in [1.807, 2.05) is 0 Å². The molecule has 174 valence electrons. The molecule has 3 heterocycles. The minimum atomic E-state index is -0.613. The van der Waals surface area contributed by atoms with E-state index >= 15 is 0 Å². The van der Waals surface area contributed by atoms with Crippen LogP contribution in [-0.2, 0) is 7.05 Å². The lowest BCUT2D eigenvalue weighted by Gasteiger charge is -2.29. The SMILES string of the molecule is Cn1ncc2cc(C(N)=O)c(O[C@H]3CC[C@H](NC(=O)c4cnc5ccc(F)cc5c4)CC3)nc21. The predicted molar refractivity (Wildman–Crippen MR) is 123 cm³/mol. The zero-order valence-corrected chi connectivity index (χ0v) is 18.5. The van der Waals surface area contributed by atoms with Crippen LogP contribution in [0.2, 0.25) is 0 Å². The molecule has 1 aliphatic rings. The number of aromatic nitrogens is 4. The molecule has 10 heteroatoms. The number of nitrogens with two attached hydrogens (primary N) is 1. The van der Waals surface area contributed by atoms with Gasteiger partial charge in [-0.25, -0.2) is 4.39 Å². The molecule has 1 aromatic carbocycles. The number of hydrogen-bond acceptors (Lipinski definition) is 6. The van der Waals surface area contributed by atoms with Crippen molar-refractivity contribution in [3.05, 3.63) is 59.7 Å². The Morgan fingerprint density at radius 1 is 1.12 bits per heavy atom. The normalized spacial score (nSPS) is 18.2. The highest BCUT2D eigenvalue weighted by Crippen LogP contribution is 2.27. The third kappa shape index (κ3) is 4.26. The third-order valence-corrected chi connectivity index (χ3v) is 6.13. The number of hydrogen-bond donors (Lipinski definition) is 2. The molecular formula is C24H23FN6O3. The van der Waals surface area contributed by atoms with E-state index in [1.54, 1.807) is 36.1 Å². The van der Waals surface area contributed by atoms with Gasteiger partial charge in [-0.3, -0.25) is 19.3 Å². The lowest BCUT2D eigenvalue weighted by Crippen LogP contribution is -2.40. The van der Waals surface area contributed by atoms with Gasteiger partial charge < -0.3 is 15.8 Å². The summed E-state index contributed by atoms with van der Waals surface area (Å²) in [4.78, 5) is 33.3. The molecule has 4 aromatic rings. The maximum atomic E-state index is 13.5. The molecule has 1 fully saturated rings. The number of halogens is 1. The zero-order chi connectivity index (χ0) is 23.8. The molecule has 0 bridgehead atoms. The number of aryl methyl sites for hydroxylation is 1. The molecule has 2 amide bonds. The highest BCUT2D eigenvalue weighted by molar-refractivity contribution is 5.98. The predicted octanol–water partition coefficient (Wildman–Crippen LogP) is 2.87.